The van der Waals surface area contributed by atoms with Crippen molar-refractivity contribution >= 4 is 17.3 Å². The SMILES string of the molecule is C#Cc1cc([C@@]2(C#N)O[C@H](COC(=O)CCCCCC)[C@@H](O)[C@H]2O)n2ncnc(N)c12. The molecule has 0 spiro atoms. The lowest BCUT2D eigenvalue weighted by atomic mass is 9.92. The molecule has 0 aromatic carbocycles. The standard InChI is InChI=1S/C21H25N5O5/c1-3-5-6-7-8-16(27)30-10-14-18(28)19(29)21(11-22,31-14)15-9-13(4-2)17-20(23)24-12-25-26(15)17/h2,9,12,14,18-19,28-29H,3,5-8,10H2,1H3,(H2,23,24,25)/t14-,18-,19-,21-/m1/s1. The van der Waals surface area contributed by atoms with Crippen LogP contribution >= 0.6 is 0 Å². The largest absolute Gasteiger partial charge is 0.463 e. The summed E-state index contributed by atoms with van der Waals surface area (Å²) in [5.74, 6) is 2.10. The molecule has 1 fully saturated rings. The normalized spacial score (nSPS) is 25.3. The first kappa shape index (κ1) is 22.5. The molecule has 4 atom stereocenters. The number of esters is 1. The number of nitrogen functional groups attached to an aromatic ring is 1. The molecule has 0 bridgehead atoms. The van der Waals surface area contributed by atoms with Crippen molar-refractivity contribution < 1.29 is 24.5 Å². The van der Waals surface area contributed by atoms with Crippen LogP contribution in [-0.2, 0) is 19.9 Å². The van der Waals surface area contributed by atoms with E-state index in [2.05, 4.69) is 22.9 Å². The van der Waals surface area contributed by atoms with Crippen LogP contribution in [-0.4, -0.2) is 55.7 Å². The fraction of sp³-hybridized carbons (Fsp3) is 0.524. The first-order chi connectivity index (χ1) is 14.9. The molecule has 1 aliphatic heterocycles. The number of fused-ring (bicyclic) bond motifs is 1. The molecule has 3 rings (SSSR count). The molecule has 0 saturated carbocycles. The molecule has 164 valence electrons. The minimum atomic E-state index is -2.00. The minimum Gasteiger partial charge on any atom is -0.463 e. The van der Waals surface area contributed by atoms with E-state index < -0.39 is 29.9 Å². The molecule has 2 aromatic rings. The number of rotatable bonds is 8. The second-order valence-corrected chi connectivity index (χ2v) is 7.43. The van der Waals surface area contributed by atoms with Crippen LogP contribution in [0.15, 0.2) is 12.4 Å². The van der Waals surface area contributed by atoms with Crippen molar-refractivity contribution in [1.82, 2.24) is 14.6 Å². The fourth-order valence-electron chi connectivity index (χ4n) is 3.70. The molecule has 0 unspecified atom stereocenters. The third-order valence-corrected chi connectivity index (χ3v) is 5.39. The third-order valence-electron chi connectivity index (χ3n) is 5.39. The maximum atomic E-state index is 12.0. The molecule has 0 aliphatic carbocycles. The highest BCUT2D eigenvalue weighted by Gasteiger charge is 2.58. The van der Waals surface area contributed by atoms with E-state index in [1.807, 2.05) is 6.07 Å². The molecule has 0 amide bonds. The van der Waals surface area contributed by atoms with Gasteiger partial charge in [-0.15, -0.1) is 6.42 Å². The third kappa shape index (κ3) is 4.06. The summed E-state index contributed by atoms with van der Waals surface area (Å²) in [6.45, 7) is 1.77. The second-order valence-electron chi connectivity index (χ2n) is 7.43. The number of carbonyl (C=O) groups excluding carboxylic acids is 1. The highest BCUT2D eigenvalue weighted by Crippen LogP contribution is 2.41. The van der Waals surface area contributed by atoms with Crippen molar-refractivity contribution in [2.75, 3.05) is 12.3 Å². The molecular formula is C21H25N5O5. The van der Waals surface area contributed by atoms with Gasteiger partial charge in [-0.2, -0.15) is 10.4 Å². The van der Waals surface area contributed by atoms with E-state index in [1.54, 1.807) is 0 Å². The predicted octanol–water partition coefficient (Wildman–Crippen LogP) is 0.646. The lowest BCUT2D eigenvalue weighted by molar-refractivity contribution is -0.150. The van der Waals surface area contributed by atoms with Crippen LogP contribution in [0.3, 0.4) is 0 Å². The van der Waals surface area contributed by atoms with Crippen LogP contribution in [0, 0.1) is 23.7 Å². The quantitative estimate of drug-likeness (QED) is 0.312. The van der Waals surface area contributed by atoms with Crippen molar-refractivity contribution in [1.29, 1.82) is 5.26 Å². The molecular weight excluding hydrogens is 402 g/mol. The Labute approximate surface area is 179 Å². The Morgan fingerprint density at radius 2 is 2.23 bits per heavy atom. The zero-order valence-corrected chi connectivity index (χ0v) is 17.2. The summed E-state index contributed by atoms with van der Waals surface area (Å²) in [7, 11) is 0. The second kappa shape index (κ2) is 9.31. The van der Waals surface area contributed by atoms with E-state index in [-0.39, 0.29) is 30.1 Å². The zero-order valence-electron chi connectivity index (χ0n) is 17.2. The van der Waals surface area contributed by atoms with Gasteiger partial charge in [-0.25, -0.2) is 9.50 Å². The van der Waals surface area contributed by atoms with Gasteiger partial charge in [0.25, 0.3) is 0 Å². The Morgan fingerprint density at radius 1 is 1.45 bits per heavy atom. The Kier molecular flexibility index (Phi) is 6.76. The van der Waals surface area contributed by atoms with Gasteiger partial charge in [-0.1, -0.05) is 32.1 Å². The summed E-state index contributed by atoms with van der Waals surface area (Å²) in [5, 5.41) is 35.3. The minimum absolute atomic E-state index is 0.0869. The number of hydrogen-bond donors (Lipinski definition) is 3. The molecule has 1 saturated heterocycles. The van der Waals surface area contributed by atoms with Gasteiger partial charge >= 0.3 is 5.97 Å². The number of unbranched alkanes of at least 4 members (excludes halogenated alkanes) is 3. The molecule has 31 heavy (non-hydrogen) atoms. The van der Waals surface area contributed by atoms with E-state index in [0.29, 0.717) is 12.0 Å². The van der Waals surface area contributed by atoms with Crippen molar-refractivity contribution in [3.05, 3.63) is 23.7 Å². The smallest absolute Gasteiger partial charge is 0.305 e. The molecule has 4 N–H and O–H groups in total. The van der Waals surface area contributed by atoms with Crippen LogP contribution in [0.5, 0.6) is 0 Å². The number of ether oxygens (including phenoxy) is 2. The van der Waals surface area contributed by atoms with Crippen LogP contribution in [0.1, 0.15) is 50.3 Å². The van der Waals surface area contributed by atoms with Gasteiger partial charge in [0.1, 0.15) is 42.8 Å². The Bertz CT molecular complexity index is 1040. The molecule has 3 heterocycles. The Hall–Kier alpha value is -3.18. The number of aromatic nitrogens is 3. The van der Waals surface area contributed by atoms with Crippen molar-refractivity contribution in [3.8, 4) is 18.4 Å². The number of hydrogen-bond acceptors (Lipinski definition) is 9. The Balaban J connectivity index is 1.83. The van der Waals surface area contributed by atoms with Gasteiger partial charge in [0.05, 0.1) is 11.3 Å². The number of nitrogens with zero attached hydrogens (tertiary/aromatic N) is 4. The summed E-state index contributed by atoms with van der Waals surface area (Å²) in [6, 6.07) is 3.36. The van der Waals surface area contributed by atoms with Gasteiger partial charge < -0.3 is 25.4 Å². The van der Waals surface area contributed by atoms with Gasteiger partial charge in [0.2, 0.25) is 5.60 Å². The predicted molar refractivity (Wildman–Crippen MR) is 109 cm³/mol. The lowest BCUT2D eigenvalue weighted by Gasteiger charge is -2.24. The van der Waals surface area contributed by atoms with E-state index in [0.717, 1.165) is 19.3 Å². The van der Waals surface area contributed by atoms with Gasteiger partial charge in [-0.05, 0) is 12.5 Å². The van der Waals surface area contributed by atoms with Crippen LogP contribution in [0.25, 0.3) is 5.52 Å². The van der Waals surface area contributed by atoms with Crippen LogP contribution in [0.2, 0.25) is 0 Å². The molecule has 2 aromatic heterocycles. The average molecular weight is 427 g/mol. The maximum Gasteiger partial charge on any atom is 0.305 e. The van der Waals surface area contributed by atoms with Gasteiger partial charge in [0.15, 0.2) is 5.82 Å². The topological polar surface area (TPSA) is 156 Å². The van der Waals surface area contributed by atoms with E-state index in [4.69, 9.17) is 21.6 Å². The summed E-state index contributed by atoms with van der Waals surface area (Å²) >= 11 is 0. The average Bonchev–Trinajstić information content (AvgIpc) is 3.27. The first-order valence-electron chi connectivity index (χ1n) is 10.1. The van der Waals surface area contributed by atoms with E-state index >= 15 is 0 Å². The summed E-state index contributed by atoms with van der Waals surface area (Å²) in [4.78, 5) is 15.9. The lowest BCUT2D eigenvalue weighted by Crippen LogP contribution is -2.41. The molecule has 1 aliphatic rings. The van der Waals surface area contributed by atoms with Crippen molar-refractivity contribution in [2.24, 2.45) is 0 Å². The highest BCUT2D eigenvalue weighted by atomic mass is 16.6. The number of aliphatic hydroxyl groups is 2. The van der Waals surface area contributed by atoms with Gasteiger partial charge in [0, 0.05) is 6.42 Å². The molecule has 0 radical (unpaired) electrons. The zero-order chi connectivity index (χ0) is 22.6. The molecule has 10 heteroatoms. The number of terminal acetylenes is 1. The summed E-state index contributed by atoms with van der Waals surface area (Å²) in [6.07, 6.45) is 6.44. The highest BCUT2D eigenvalue weighted by molar-refractivity contribution is 5.75. The van der Waals surface area contributed by atoms with E-state index in [1.165, 1.54) is 16.9 Å². The number of nitriles is 1. The number of anilines is 1. The van der Waals surface area contributed by atoms with Crippen LogP contribution in [0.4, 0.5) is 5.82 Å². The fourth-order valence-corrected chi connectivity index (χ4v) is 3.70. The van der Waals surface area contributed by atoms with Crippen LogP contribution < -0.4 is 5.73 Å². The summed E-state index contributed by atoms with van der Waals surface area (Å²) < 4.78 is 12.2. The van der Waals surface area contributed by atoms with Crippen molar-refractivity contribution in [3.63, 3.8) is 0 Å². The number of carbonyl (C=O) groups is 1. The maximum absolute atomic E-state index is 12.0. The van der Waals surface area contributed by atoms with Crippen molar-refractivity contribution in [2.45, 2.75) is 62.9 Å². The molecule has 10 nitrogen and oxygen atoms in total. The first-order valence-corrected chi connectivity index (χ1v) is 10.1. The number of aliphatic hydroxyl groups excluding tert-OH is 2. The summed E-state index contributed by atoms with van der Waals surface area (Å²) in [5.41, 5.74) is 4.56. The van der Waals surface area contributed by atoms with Gasteiger partial charge in [-0.3, -0.25) is 4.79 Å². The Morgan fingerprint density at radius 3 is 2.90 bits per heavy atom. The number of nitrogens with two attached hydrogens (primary N) is 1. The van der Waals surface area contributed by atoms with E-state index in [9.17, 15) is 20.3 Å². The monoisotopic (exact) mass is 427 g/mol.